The van der Waals surface area contributed by atoms with E-state index in [0.29, 0.717) is 12.5 Å². The van der Waals surface area contributed by atoms with Crippen molar-refractivity contribution in [2.24, 2.45) is 0 Å². The molecular formula is C19H21NO3S. The molecule has 0 unspecified atom stereocenters. The van der Waals surface area contributed by atoms with Crippen molar-refractivity contribution in [3.8, 4) is 0 Å². The zero-order valence-corrected chi connectivity index (χ0v) is 14.5. The van der Waals surface area contributed by atoms with E-state index in [9.17, 15) is 13.2 Å². The van der Waals surface area contributed by atoms with Crippen LogP contribution in [0.15, 0.2) is 53.4 Å². The molecule has 0 heterocycles. The number of carbonyl (C=O) groups excluding carboxylic acids is 1. The summed E-state index contributed by atoms with van der Waals surface area (Å²) >= 11 is 0. The average molecular weight is 343 g/mol. The molecule has 2 aromatic rings. The molecule has 0 spiro atoms. The molecule has 1 aliphatic carbocycles. The number of hydrogen-bond acceptors (Lipinski definition) is 3. The highest BCUT2D eigenvalue weighted by Crippen LogP contribution is 2.33. The average Bonchev–Trinajstić information content (AvgIpc) is 2.56. The Labute approximate surface area is 142 Å². The predicted octanol–water partition coefficient (Wildman–Crippen LogP) is 2.48. The first-order valence-electron chi connectivity index (χ1n) is 8.16. The van der Waals surface area contributed by atoms with E-state index in [-0.39, 0.29) is 23.0 Å². The Morgan fingerprint density at radius 1 is 1.17 bits per heavy atom. The minimum Gasteiger partial charge on any atom is -0.355 e. The first-order valence-corrected chi connectivity index (χ1v) is 9.81. The second-order valence-corrected chi connectivity index (χ2v) is 8.41. The Balaban J connectivity index is 1.57. The van der Waals surface area contributed by atoms with Crippen LogP contribution in [0.5, 0.6) is 0 Å². The van der Waals surface area contributed by atoms with Crippen molar-refractivity contribution < 1.29 is 13.2 Å². The lowest BCUT2D eigenvalue weighted by Gasteiger charge is -2.30. The van der Waals surface area contributed by atoms with Crippen molar-refractivity contribution >= 4 is 15.7 Å². The van der Waals surface area contributed by atoms with Crippen LogP contribution in [0.2, 0.25) is 0 Å². The molecule has 1 N–H and O–H groups in total. The SMILES string of the molecule is CCS(=O)(=O)c1cccc(CC(=O)NC[C@@H]2Cc3ccccc32)c1. The number of rotatable bonds is 6. The Bertz CT molecular complexity index is 858. The van der Waals surface area contributed by atoms with Gasteiger partial charge in [0.15, 0.2) is 9.84 Å². The van der Waals surface area contributed by atoms with Gasteiger partial charge in [0.2, 0.25) is 5.91 Å². The fraction of sp³-hybridized carbons (Fsp3) is 0.316. The maximum absolute atomic E-state index is 12.1. The minimum atomic E-state index is -3.24. The molecule has 0 bridgehead atoms. The van der Waals surface area contributed by atoms with Crippen LogP contribution in [-0.4, -0.2) is 26.6 Å². The topological polar surface area (TPSA) is 63.2 Å². The standard InChI is InChI=1S/C19H21NO3S/c1-2-24(22,23)17-8-5-6-14(10-17)11-19(21)20-13-16-12-15-7-3-4-9-18(15)16/h3-10,16H,2,11-13H2,1H3,(H,20,21)/t16-/m0/s1. The number of nitrogens with one attached hydrogen (secondary N) is 1. The van der Waals surface area contributed by atoms with Crippen molar-refractivity contribution in [3.05, 3.63) is 65.2 Å². The van der Waals surface area contributed by atoms with Crippen molar-refractivity contribution in [1.82, 2.24) is 5.32 Å². The smallest absolute Gasteiger partial charge is 0.224 e. The van der Waals surface area contributed by atoms with Gasteiger partial charge < -0.3 is 5.32 Å². The third-order valence-electron chi connectivity index (χ3n) is 4.51. The van der Waals surface area contributed by atoms with Crippen molar-refractivity contribution in [2.75, 3.05) is 12.3 Å². The second-order valence-electron chi connectivity index (χ2n) is 6.13. The molecule has 1 amide bonds. The first-order chi connectivity index (χ1) is 11.5. The summed E-state index contributed by atoms with van der Waals surface area (Å²) in [6.07, 6.45) is 1.20. The molecule has 0 aliphatic heterocycles. The summed E-state index contributed by atoms with van der Waals surface area (Å²) in [5.74, 6) is 0.367. The van der Waals surface area contributed by atoms with E-state index >= 15 is 0 Å². The first kappa shape index (κ1) is 16.7. The van der Waals surface area contributed by atoms with Crippen molar-refractivity contribution in [2.45, 2.75) is 30.6 Å². The summed E-state index contributed by atoms with van der Waals surface area (Å²) in [7, 11) is -3.24. The molecule has 0 saturated carbocycles. The number of amides is 1. The summed E-state index contributed by atoms with van der Waals surface area (Å²) in [4.78, 5) is 12.4. The second kappa shape index (κ2) is 6.77. The third-order valence-corrected chi connectivity index (χ3v) is 6.24. The number of hydrogen-bond donors (Lipinski definition) is 1. The summed E-state index contributed by atoms with van der Waals surface area (Å²) in [5, 5.41) is 2.96. The minimum absolute atomic E-state index is 0.0593. The van der Waals surface area contributed by atoms with Crippen LogP contribution in [0.4, 0.5) is 0 Å². The maximum Gasteiger partial charge on any atom is 0.224 e. The van der Waals surface area contributed by atoms with E-state index in [1.807, 2.05) is 12.1 Å². The molecule has 1 atom stereocenters. The van der Waals surface area contributed by atoms with E-state index < -0.39 is 9.84 Å². The number of carbonyl (C=O) groups is 1. The van der Waals surface area contributed by atoms with Gasteiger partial charge >= 0.3 is 0 Å². The molecule has 5 heteroatoms. The largest absolute Gasteiger partial charge is 0.355 e. The lowest BCUT2D eigenvalue weighted by Crippen LogP contribution is -2.34. The van der Waals surface area contributed by atoms with E-state index in [1.54, 1.807) is 31.2 Å². The number of sulfone groups is 1. The Kier molecular flexibility index (Phi) is 4.71. The molecule has 24 heavy (non-hydrogen) atoms. The van der Waals surface area contributed by atoms with Gasteiger partial charge in [0, 0.05) is 12.5 Å². The number of benzene rings is 2. The van der Waals surface area contributed by atoms with Gasteiger partial charge in [0.05, 0.1) is 17.1 Å². The molecular weight excluding hydrogens is 322 g/mol. The number of fused-ring (bicyclic) bond motifs is 1. The van der Waals surface area contributed by atoms with E-state index in [4.69, 9.17) is 0 Å². The van der Waals surface area contributed by atoms with Crippen molar-refractivity contribution in [1.29, 1.82) is 0 Å². The quantitative estimate of drug-likeness (QED) is 0.876. The summed E-state index contributed by atoms with van der Waals surface area (Å²) in [5.41, 5.74) is 3.39. The highest BCUT2D eigenvalue weighted by atomic mass is 32.2. The van der Waals surface area contributed by atoms with Gasteiger partial charge in [-0.3, -0.25) is 4.79 Å². The molecule has 2 aromatic carbocycles. The van der Waals surface area contributed by atoms with Gasteiger partial charge in [-0.25, -0.2) is 8.42 Å². The van der Waals surface area contributed by atoms with Gasteiger partial charge in [-0.15, -0.1) is 0 Å². The van der Waals surface area contributed by atoms with Gasteiger partial charge in [-0.05, 0) is 35.2 Å². The monoisotopic (exact) mass is 343 g/mol. The Morgan fingerprint density at radius 3 is 2.71 bits per heavy atom. The lowest BCUT2D eigenvalue weighted by molar-refractivity contribution is -0.120. The fourth-order valence-corrected chi connectivity index (χ4v) is 4.00. The maximum atomic E-state index is 12.1. The van der Waals surface area contributed by atoms with E-state index in [0.717, 1.165) is 12.0 Å². The van der Waals surface area contributed by atoms with Gasteiger partial charge in [0.25, 0.3) is 0 Å². The zero-order valence-electron chi connectivity index (χ0n) is 13.7. The molecule has 0 saturated heterocycles. The van der Waals surface area contributed by atoms with Crippen LogP contribution in [0.3, 0.4) is 0 Å². The molecule has 0 aromatic heterocycles. The van der Waals surface area contributed by atoms with Crippen LogP contribution >= 0.6 is 0 Å². The van der Waals surface area contributed by atoms with E-state index in [2.05, 4.69) is 17.4 Å². The molecule has 1 aliphatic rings. The molecule has 3 rings (SSSR count). The normalized spacial score (nSPS) is 16.1. The van der Waals surface area contributed by atoms with Crippen LogP contribution in [0, 0.1) is 0 Å². The molecule has 0 radical (unpaired) electrons. The molecule has 126 valence electrons. The Hall–Kier alpha value is -2.14. The van der Waals surface area contributed by atoms with Crippen LogP contribution < -0.4 is 5.32 Å². The Morgan fingerprint density at radius 2 is 1.96 bits per heavy atom. The third kappa shape index (κ3) is 3.51. The zero-order chi connectivity index (χ0) is 17.2. The fourth-order valence-electron chi connectivity index (χ4n) is 3.05. The van der Waals surface area contributed by atoms with Gasteiger partial charge in [-0.2, -0.15) is 0 Å². The predicted molar refractivity (Wildman–Crippen MR) is 93.8 cm³/mol. The molecule has 4 nitrogen and oxygen atoms in total. The summed E-state index contributed by atoms with van der Waals surface area (Å²) in [6, 6.07) is 14.9. The molecule has 0 fully saturated rings. The van der Waals surface area contributed by atoms with E-state index in [1.165, 1.54) is 11.1 Å². The summed E-state index contributed by atoms with van der Waals surface area (Å²) in [6.45, 7) is 2.24. The van der Waals surface area contributed by atoms with Crippen molar-refractivity contribution in [3.63, 3.8) is 0 Å². The van der Waals surface area contributed by atoms with Crippen LogP contribution in [-0.2, 0) is 27.5 Å². The lowest BCUT2D eigenvalue weighted by atomic mass is 9.77. The summed E-state index contributed by atoms with van der Waals surface area (Å²) < 4.78 is 23.8. The highest BCUT2D eigenvalue weighted by molar-refractivity contribution is 7.91. The highest BCUT2D eigenvalue weighted by Gasteiger charge is 2.25. The van der Waals surface area contributed by atoms with Crippen LogP contribution in [0.25, 0.3) is 0 Å². The van der Waals surface area contributed by atoms with Crippen LogP contribution in [0.1, 0.15) is 29.5 Å². The van der Waals surface area contributed by atoms with Gasteiger partial charge in [0.1, 0.15) is 0 Å². The van der Waals surface area contributed by atoms with Gasteiger partial charge in [-0.1, -0.05) is 43.3 Å².